The molecule has 0 radical (unpaired) electrons. The van der Waals surface area contributed by atoms with Crippen LogP contribution in [0.15, 0.2) is 30.5 Å². The second-order valence-electron chi connectivity index (χ2n) is 4.66. The number of rotatable bonds is 7. The van der Waals surface area contributed by atoms with Gasteiger partial charge < -0.3 is 10.1 Å². The van der Waals surface area contributed by atoms with E-state index in [1.807, 2.05) is 12.1 Å². The summed E-state index contributed by atoms with van der Waals surface area (Å²) in [5.74, 6) is -0.102. The molecule has 0 aliphatic rings. The van der Waals surface area contributed by atoms with Gasteiger partial charge in [-0.15, -0.1) is 23.1 Å². The van der Waals surface area contributed by atoms with E-state index in [0.29, 0.717) is 15.8 Å². The summed E-state index contributed by atoms with van der Waals surface area (Å²) in [6.07, 6.45) is 0.588. The van der Waals surface area contributed by atoms with Crippen LogP contribution in [0, 0.1) is 0 Å². The van der Waals surface area contributed by atoms with E-state index in [4.69, 9.17) is 27.9 Å². The number of amides is 1. The number of carbonyl (C=O) groups excluding carboxylic acids is 2. The molecule has 2 rings (SSSR count). The lowest BCUT2D eigenvalue weighted by Crippen LogP contribution is -2.30. The molecule has 0 fully saturated rings. The van der Waals surface area contributed by atoms with Crippen molar-refractivity contribution in [1.82, 2.24) is 4.98 Å². The van der Waals surface area contributed by atoms with Crippen molar-refractivity contribution in [2.45, 2.75) is 18.8 Å². The van der Waals surface area contributed by atoms with E-state index in [9.17, 15) is 9.59 Å². The van der Waals surface area contributed by atoms with Crippen molar-refractivity contribution in [2.24, 2.45) is 0 Å². The fourth-order valence-corrected chi connectivity index (χ4v) is 3.83. The fourth-order valence-electron chi connectivity index (χ4n) is 1.66. The predicted octanol–water partition coefficient (Wildman–Crippen LogP) is 4.25. The molecule has 0 unspecified atom stereocenters. The highest BCUT2D eigenvalue weighted by Crippen LogP contribution is 2.25. The average molecular weight is 405 g/mol. The quantitative estimate of drug-likeness (QED) is 0.551. The van der Waals surface area contributed by atoms with Crippen LogP contribution in [0.2, 0.25) is 9.49 Å². The number of anilines is 1. The van der Waals surface area contributed by atoms with E-state index in [2.05, 4.69) is 10.3 Å². The molecule has 24 heavy (non-hydrogen) atoms. The SMILES string of the molecule is C[C@H](OC(=O)CSCc1ccc(Cl)s1)C(=O)Nc1cccnc1Cl. The van der Waals surface area contributed by atoms with Gasteiger partial charge in [-0.2, -0.15) is 0 Å². The third-order valence-electron chi connectivity index (χ3n) is 2.79. The molecule has 2 heterocycles. The maximum absolute atomic E-state index is 12.0. The molecule has 1 amide bonds. The van der Waals surface area contributed by atoms with Crippen molar-refractivity contribution < 1.29 is 14.3 Å². The zero-order valence-electron chi connectivity index (χ0n) is 12.6. The van der Waals surface area contributed by atoms with E-state index in [-0.39, 0.29) is 10.9 Å². The van der Waals surface area contributed by atoms with Gasteiger partial charge in [0, 0.05) is 16.8 Å². The van der Waals surface area contributed by atoms with Crippen molar-refractivity contribution in [3.8, 4) is 0 Å². The van der Waals surface area contributed by atoms with E-state index in [0.717, 1.165) is 4.88 Å². The van der Waals surface area contributed by atoms with Gasteiger partial charge >= 0.3 is 5.97 Å². The van der Waals surface area contributed by atoms with Gasteiger partial charge in [-0.3, -0.25) is 9.59 Å². The van der Waals surface area contributed by atoms with E-state index in [1.165, 1.54) is 36.2 Å². The Morgan fingerprint density at radius 1 is 1.38 bits per heavy atom. The Morgan fingerprint density at radius 2 is 2.17 bits per heavy atom. The molecule has 0 saturated heterocycles. The molecule has 2 aromatic heterocycles. The Bertz CT molecular complexity index is 724. The topological polar surface area (TPSA) is 68.3 Å². The number of hydrogen-bond donors (Lipinski definition) is 1. The monoisotopic (exact) mass is 404 g/mol. The zero-order valence-corrected chi connectivity index (χ0v) is 15.8. The first-order valence-corrected chi connectivity index (χ1v) is 9.61. The molecule has 5 nitrogen and oxygen atoms in total. The minimum atomic E-state index is -0.925. The largest absolute Gasteiger partial charge is 0.452 e. The summed E-state index contributed by atoms with van der Waals surface area (Å²) < 4.78 is 5.82. The number of hydrogen-bond acceptors (Lipinski definition) is 6. The second-order valence-corrected chi connectivity index (χ2v) is 7.80. The molecule has 9 heteroatoms. The highest BCUT2D eigenvalue weighted by atomic mass is 35.5. The number of thiophene rings is 1. The number of aromatic nitrogens is 1. The Morgan fingerprint density at radius 3 is 2.83 bits per heavy atom. The van der Waals surface area contributed by atoms with Crippen LogP contribution in [-0.4, -0.2) is 28.7 Å². The maximum Gasteiger partial charge on any atom is 0.316 e. The molecule has 0 aliphatic carbocycles. The van der Waals surface area contributed by atoms with E-state index < -0.39 is 18.0 Å². The Kier molecular flexibility index (Phi) is 7.36. The third-order valence-corrected chi connectivity index (χ3v) is 5.46. The number of halogens is 2. The maximum atomic E-state index is 12.0. The van der Waals surface area contributed by atoms with Crippen LogP contribution in [0.1, 0.15) is 11.8 Å². The molecular weight excluding hydrogens is 391 g/mol. The lowest BCUT2D eigenvalue weighted by atomic mass is 10.3. The van der Waals surface area contributed by atoms with Crippen molar-refractivity contribution >= 4 is 63.9 Å². The van der Waals surface area contributed by atoms with Crippen LogP contribution in [0.3, 0.4) is 0 Å². The van der Waals surface area contributed by atoms with E-state index in [1.54, 1.807) is 12.1 Å². The molecule has 0 spiro atoms. The van der Waals surface area contributed by atoms with Gasteiger partial charge in [-0.25, -0.2) is 4.98 Å². The van der Waals surface area contributed by atoms with Crippen LogP contribution in [0.5, 0.6) is 0 Å². The molecule has 1 N–H and O–H groups in total. The Hall–Kier alpha value is -1.28. The standard InChI is InChI=1S/C15H14Cl2N2O3S2/c1-9(15(21)19-11-3-2-6-18-14(11)17)22-13(20)8-23-7-10-4-5-12(16)24-10/h2-6,9H,7-8H2,1H3,(H,19,21)/t9-/m0/s1. The smallest absolute Gasteiger partial charge is 0.316 e. The van der Waals surface area contributed by atoms with Crippen LogP contribution < -0.4 is 5.32 Å². The number of thioether (sulfide) groups is 1. The average Bonchev–Trinajstić information content (AvgIpc) is 2.95. The number of pyridine rings is 1. The highest BCUT2D eigenvalue weighted by molar-refractivity contribution is 7.99. The van der Waals surface area contributed by atoms with Crippen molar-refractivity contribution in [3.63, 3.8) is 0 Å². The lowest BCUT2D eigenvalue weighted by molar-refractivity contribution is -0.150. The number of nitrogens with zero attached hydrogens (tertiary/aromatic N) is 1. The highest BCUT2D eigenvalue weighted by Gasteiger charge is 2.19. The summed E-state index contributed by atoms with van der Waals surface area (Å²) in [4.78, 5) is 28.7. The van der Waals surface area contributed by atoms with Crippen LogP contribution >= 0.6 is 46.3 Å². The summed E-state index contributed by atoms with van der Waals surface area (Å²) in [6.45, 7) is 1.50. The number of carbonyl (C=O) groups is 2. The van der Waals surface area contributed by atoms with Crippen LogP contribution in [-0.2, 0) is 20.1 Å². The molecule has 0 saturated carbocycles. The van der Waals surface area contributed by atoms with Crippen molar-refractivity contribution in [3.05, 3.63) is 44.8 Å². The Balaban J connectivity index is 1.74. The zero-order chi connectivity index (χ0) is 17.5. The first-order valence-electron chi connectivity index (χ1n) is 6.88. The van der Waals surface area contributed by atoms with Gasteiger partial charge in [0.15, 0.2) is 11.3 Å². The summed E-state index contributed by atoms with van der Waals surface area (Å²) in [7, 11) is 0. The first kappa shape index (κ1) is 19.1. The molecular formula is C15H14Cl2N2O3S2. The van der Waals surface area contributed by atoms with Gasteiger partial charge in [0.25, 0.3) is 5.91 Å². The van der Waals surface area contributed by atoms with Gasteiger partial charge in [-0.1, -0.05) is 23.2 Å². The molecule has 1 atom stereocenters. The predicted molar refractivity (Wildman–Crippen MR) is 98.9 cm³/mol. The number of esters is 1. The van der Waals surface area contributed by atoms with Gasteiger partial charge in [0.1, 0.15) is 0 Å². The minimum absolute atomic E-state index is 0.154. The fraction of sp³-hybridized carbons (Fsp3) is 0.267. The van der Waals surface area contributed by atoms with Gasteiger partial charge in [0.2, 0.25) is 0 Å². The molecule has 2 aromatic rings. The molecule has 128 valence electrons. The van der Waals surface area contributed by atoms with Crippen molar-refractivity contribution in [1.29, 1.82) is 0 Å². The summed E-state index contributed by atoms with van der Waals surface area (Å²) >= 11 is 14.6. The number of ether oxygens (including phenoxy) is 1. The lowest BCUT2D eigenvalue weighted by Gasteiger charge is -2.13. The van der Waals surface area contributed by atoms with E-state index >= 15 is 0 Å². The van der Waals surface area contributed by atoms with Crippen LogP contribution in [0.4, 0.5) is 5.69 Å². The normalized spacial score (nSPS) is 11.8. The number of nitrogens with one attached hydrogen (secondary N) is 1. The van der Waals surface area contributed by atoms with Gasteiger partial charge in [-0.05, 0) is 31.2 Å². The van der Waals surface area contributed by atoms with Crippen LogP contribution in [0.25, 0.3) is 0 Å². The summed E-state index contributed by atoms with van der Waals surface area (Å²) in [6, 6.07) is 6.99. The first-order chi connectivity index (χ1) is 11.5. The third kappa shape index (κ3) is 5.98. The van der Waals surface area contributed by atoms with Crippen molar-refractivity contribution in [2.75, 3.05) is 11.1 Å². The summed E-state index contributed by atoms with van der Waals surface area (Å²) in [5.41, 5.74) is 0.371. The molecule has 0 aliphatic heterocycles. The molecule has 0 aromatic carbocycles. The molecule has 0 bridgehead atoms. The van der Waals surface area contributed by atoms with Gasteiger partial charge in [0.05, 0.1) is 15.8 Å². The second kappa shape index (κ2) is 9.27. The minimum Gasteiger partial charge on any atom is -0.452 e. The summed E-state index contributed by atoms with van der Waals surface area (Å²) in [5, 5.41) is 2.75. The Labute approximate surface area is 157 Å².